The second-order valence-electron chi connectivity index (χ2n) is 3.48. The second kappa shape index (κ2) is 4.80. The van der Waals surface area contributed by atoms with Crippen molar-refractivity contribution in [3.63, 3.8) is 0 Å². The molecule has 0 spiro atoms. The van der Waals surface area contributed by atoms with Gasteiger partial charge in [-0.05, 0) is 39.0 Å². The molecular formula is C12H16NO. The van der Waals surface area contributed by atoms with Crippen LogP contribution in [0.5, 0.6) is 0 Å². The quantitative estimate of drug-likeness (QED) is 0.716. The van der Waals surface area contributed by atoms with Crippen LogP contribution in [0, 0.1) is 6.07 Å². The Kier molecular flexibility index (Phi) is 3.69. The lowest BCUT2D eigenvalue weighted by molar-refractivity contribution is 0.0717. The van der Waals surface area contributed by atoms with Crippen molar-refractivity contribution in [2.75, 3.05) is 6.54 Å². The van der Waals surface area contributed by atoms with Gasteiger partial charge in [-0.2, -0.15) is 0 Å². The van der Waals surface area contributed by atoms with Crippen LogP contribution in [0.25, 0.3) is 0 Å². The first kappa shape index (κ1) is 10.8. The highest BCUT2D eigenvalue weighted by molar-refractivity contribution is 5.94. The molecule has 0 fully saturated rings. The molecule has 0 saturated heterocycles. The van der Waals surface area contributed by atoms with E-state index in [0.29, 0.717) is 5.56 Å². The standard InChI is InChI=1S/C12H16NO/c1-4-13(10(2)3)12(14)11-8-6-5-7-9-11/h5-6,8-10H,4H2,1-3H3. The highest BCUT2D eigenvalue weighted by Gasteiger charge is 2.15. The fourth-order valence-corrected chi connectivity index (χ4v) is 1.44. The van der Waals surface area contributed by atoms with Gasteiger partial charge in [0.05, 0.1) is 0 Å². The van der Waals surface area contributed by atoms with Gasteiger partial charge in [0.1, 0.15) is 0 Å². The van der Waals surface area contributed by atoms with Crippen molar-refractivity contribution in [3.8, 4) is 0 Å². The number of carbonyl (C=O) groups excluding carboxylic acids is 1. The van der Waals surface area contributed by atoms with Crippen LogP contribution >= 0.6 is 0 Å². The molecule has 1 rings (SSSR count). The Morgan fingerprint density at radius 3 is 2.71 bits per heavy atom. The van der Waals surface area contributed by atoms with Gasteiger partial charge in [0, 0.05) is 18.2 Å². The molecule has 0 N–H and O–H groups in total. The van der Waals surface area contributed by atoms with E-state index in [0.717, 1.165) is 6.54 Å². The zero-order chi connectivity index (χ0) is 10.6. The van der Waals surface area contributed by atoms with E-state index < -0.39 is 0 Å². The van der Waals surface area contributed by atoms with Crippen molar-refractivity contribution in [2.24, 2.45) is 0 Å². The lowest BCUT2D eigenvalue weighted by Crippen LogP contribution is -2.36. The van der Waals surface area contributed by atoms with Crippen LogP contribution in [0.2, 0.25) is 0 Å². The van der Waals surface area contributed by atoms with E-state index in [1.54, 1.807) is 12.1 Å². The lowest BCUT2D eigenvalue weighted by Gasteiger charge is -2.25. The minimum absolute atomic E-state index is 0.0827. The van der Waals surface area contributed by atoms with Crippen molar-refractivity contribution >= 4 is 5.91 Å². The van der Waals surface area contributed by atoms with E-state index in [-0.39, 0.29) is 11.9 Å². The summed E-state index contributed by atoms with van der Waals surface area (Å²) in [5, 5.41) is 0. The number of hydrogen-bond donors (Lipinski definition) is 0. The SMILES string of the molecule is CCN(C(=O)c1c[c]ccc1)C(C)C. The monoisotopic (exact) mass is 190 g/mol. The molecule has 1 radical (unpaired) electrons. The van der Waals surface area contributed by atoms with Gasteiger partial charge in [0.2, 0.25) is 0 Å². The smallest absolute Gasteiger partial charge is 0.254 e. The largest absolute Gasteiger partial charge is 0.337 e. The van der Waals surface area contributed by atoms with Crippen molar-refractivity contribution in [1.29, 1.82) is 0 Å². The van der Waals surface area contributed by atoms with Crippen molar-refractivity contribution in [2.45, 2.75) is 26.8 Å². The van der Waals surface area contributed by atoms with E-state index >= 15 is 0 Å². The number of nitrogens with zero attached hydrogens (tertiary/aromatic N) is 1. The van der Waals surface area contributed by atoms with Gasteiger partial charge in [-0.1, -0.05) is 12.1 Å². The summed E-state index contributed by atoms with van der Waals surface area (Å²) < 4.78 is 0. The summed E-state index contributed by atoms with van der Waals surface area (Å²) >= 11 is 0. The molecule has 0 aliphatic carbocycles. The topological polar surface area (TPSA) is 20.3 Å². The van der Waals surface area contributed by atoms with Crippen molar-refractivity contribution < 1.29 is 4.79 Å². The first-order valence-corrected chi connectivity index (χ1v) is 4.94. The van der Waals surface area contributed by atoms with Crippen molar-refractivity contribution in [3.05, 3.63) is 35.9 Å². The van der Waals surface area contributed by atoms with Gasteiger partial charge in [-0.3, -0.25) is 4.79 Å². The third-order valence-electron chi connectivity index (χ3n) is 2.18. The summed E-state index contributed by atoms with van der Waals surface area (Å²) in [5.74, 6) is 0.0827. The van der Waals surface area contributed by atoms with E-state index in [1.807, 2.05) is 37.8 Å². The summed E-state index contributed by atoms with van der Waals surface area (Å²) in [6.45, 7) is 6.78. The molecule has 1 aromatic rings. The molecule has 0 aromatic heterocycles. The van der Waals surface area contributed by atoms with Crippen molar-refractivity contribution in [1.82, 2.24) is 4.90 Å². The molecule has 14 heavy (non-hydrogen) atoms. The molecular weight excluding hydrogens is 174 g/mol. The molecule has 0 unspecified atom stereocenters. The zero-order valence-corrected chi connectivity index (χ0v) is 8.95. The van der Waals surface area contributed by atoms with Gasteiger partial charge in [0.25, 0.3) is 5.91 Å². The van der Waals surface area contributed by atoms with Crippen LogP contribution in [-0.4, -0.2) is 23.4 Å². The second-order valence-corrected chi connectivity index (χ2v) is 3.48. The van der Waals surface area contributed by atoms with Gasteiger partial charge in [-0.25, -0.2) is 0 Å². The molecule has 0 aliphatic rings. The summed E-state index contributed by atoms with van der Waals surface area (Å²) in [7, 11) is 0. The summed E-state index contributed by atoms with van der Waals surface area (Å²) in [6, 6.07) is 10.3. The number of carbonyl (C=O) groups is 1. The Bertz CT molecular complexity index is 292. The Labute approximate surface area is 85.5 Å². The molecule has 0 saturated carbocycles. The molecule has 0 atom stereocenters. The zero-order valence-electron chi connectivity index (χ0n) is 8.95. The van der Waals surface area contributed by atoms with E-state index in [9.17, 15) is 4.79 Å². The third-order valence-corrected chi connectivity index (χ3v) is 2.18. The minimum Gasteiger partial charge on any atom is -0.337 e. The minimum atomic E-state index is 0.0827. The Balaban J connectivity index is 2.84. The van der Waals surface area contributed by atoms with Gasteiger partial charge in [0.15, 0.2) is 0 Å². The number of benzene rings is 1. The van der Waals surface area contributed by atoms with Gasteiger partial charge < -0.3 is 4.90 Å². The van der Waals surface area contributed by atoms with E-state index in [1.165, 1.54) is 0 Å². The molecule has 0 heterocycles. The number of rotatable bonds is 3. The highest BCUT2D eigenvalue weighted by Crippen LogP contribution is 2.07. The fourth-order valence-electron chi connectivity index (χ4n) is 1.44. The van der Waals surface area contributed by atoms with E-state index in [4.69, 9.17) is 0 Å². The van der Waals surface area contributed by atoms with Crippen LogP contribution in [0.4, 0.5) is 0 Å². The predicted octanol–water partition coefficient (Wildman–Crippen LogP) is 2.36. The Hall–Kier alpha value is -1.31. The van der Waals surface area contributed by atoms with Crippen LogP contribution in [0.15, 0.2) is 24.3 Å². The first-order chi connectivity index (χ1) is 6.66. The van der Waals surface area contributed by atoms with Gasteiger partial charge in [-0.15, -0.1) is 0 Å². The summed E-state index contributed by atoms with van der Waals surface area (Å²) in [6.07, 6.45) is 0. The lowest BCUT2D eigenvalue weighted by atomic mass is 10.2. The van der Waals surface area contributed by atoms with Crippen LogP contribution < -0.4 is 0 Å². The van der Waals surface area contributed by atoms with Crippen LogP contribution in [-0.2, 0) is 0 Å². The average Bonchev–Trinajstić information content (AvgIpc) is 2.19. The van der Waals surface area contributed by atoms with Crippen LogP contribution in [0.1, 0.15) is 31.1 Å². The van der Waals surface area contributed by atoms with Crippen LogP contribution in [0.3, 0.4) is 0 Å². The predicted molar refractivity (Wildman–Crippen MR) is 57.1 cm³/mol. The molecule has 0 bridgehead atoms. The van der Waals surface area contributed by atoms with Gasteiger partial charge >= 0.3 is 0 Å². The number of hydrogen-bond acceptors (Lipinski definition) is 1. The fraction of sp³-hybridized carbons (Fsp3) is 0.417. The Morgan fingerprint density at radius 2 is 2.29 bits per heavy atom. The molecule has 0 aliphatic heterocycles. The molecule has 2 heteroatoms. The van der Waals surface area contributed by atoms with E-state index in [2.05, 4.69) is 6.07 Å². The summed E-state index contributed by atoms with van der Waals surface area (Å²) in [4.78, 5) is 13.8. The average molecular weight is 190 g/mol. The maximum atomic E-state index is 11.9. The molecule has 1 amide bonds. The number of amides is 1. The highest BCUT2D eigenvalue weighted by atomic mass is 16.2. The molecule has 75 valence electrons. The normalized spacial score (nSPS) is 10.3. The third kappa shape index (κ3) is 2.34. The molecule has 2 nitrogen and oxygen atoms in total. The molecule has 1 aromatic carbocycles. The first-order valence-electron chi connectivity index (χ1n) is 4.94. The summed E-state index contributed by atoms with van der Waals surface area (Å²) in [5.41, 5.74) is 0.711. The maximum absolute atomic E-state index is 11.9. The Morgan fingerprint density at radius 1 is 1.57 bits per heavy atom. The maximum Gasteiger partial charge on any atom is 0.254 e.